The minimum Gasteiger partial charge on any atom is -0.507 e. The zero-order valence-electron chi connectivity index (χ0n) is 33.9. The number of aromatic hydroxyl groups is 1. The number of phenolic OH excluding ortho intramolecular Hbond substituents is 1. The molecule has 4 heterocycles. The Morgan fingerprint density at radius 2 is 1.26 bits per heavy atom. The molecule has 0 aliphatic rings. The molecule has 0 saturated carbocycles. The van der Waals surface area contributed by atoms with Gasteiger partial charge in [-0.05, 0) is 96.8 Å². The second-order valence-electron chi connectivity index (χ2n) is 17.3. The smallest absolute Gasteiger partial charge is 0.180 e. The molecule has 5 aromatic carbocycles. The topological polar surface area (TPSA) is 88.4 Å². The molecular formula is C50H46N4O3. The van der Waals surface area contributed by atoms with Gasteiger partial charge in [0, 0.05) is 39.2 Å². The molecule has 4 aromatic heterocycles. The molecular weight excluding hydrogens is 705 g/mol. The van der Waals surface area contributed by atoms with Crippen molar-refractivity contribution in [1.29, 1.82) is 0 Å². The first kappa shape index (κ1) is 36.2. The highest BCUT2D eigenvalue weighted by molar-refractivity contribution is 6.12. The fourth-order valence-corrected chi connectivity index (χ4v) is 8.21. The number of hydrogen-bond donors (Lipinski definition) is 1. The molecule has 7 nitrogen and oxygen atoms in total. The lowest BCUT2D eigenvalue weighted by Gasteiger charge is -2.28. The predicted octanol–water partition coefficient (Wildman–Crippen LogP) is 13.7. The Bertz CT molecular complexity index is 3010. The number of fused-ring (bicyclic) bond motifs is 6. The van der Waals surface area contributed by atoms with Crippen LogP contribution in [-0.2, 0) is 10.8 Å². The number of aromatic nitrogens is 3. The average Bonchev–Trinajstić information content (AvgIpc) is 3.73. The zero-order valence-corrected chi connectivity index (χ0v) is 33.9. The summed E-state index contributed by atoms with van der Waals surface area (Å²) in [5, 5.41) is 15.0. The predicted molar refractivity (Wildman–Crippen MR) is 233 cm³/mol. The summed E-state index contributed by atoms with van der Waals surface area (Å²) in [5.41, 5.74) is 11.9. The van der Waals surface area contributed by atoms with E-state index < -0.39 is 0 Å². The van der Waals surface area contributed by atoms with Crippen molar-refractivity contribution in [2.45, 2.75) is 73.1 Å². The van der Waals surface area contributed by atoms with Gasteiger partial charge in [-0.2, -0.15) is 0 Å². The average molecular weight is 751 g/mol. The third-order valence-electron chi connectivity index (χ3n) is 11.0. The highest BCUT2D eigenvalue weighted by atomic mass is 16.3. The van der Waals surface area contributed by atoms with Crippen LogP contribution >= 0.6 is 0 Å². The molecule has 1 N–H and O–H groups in total. The third kappa shape index (κ3) is 6.09. The molecule has 57 heavy (non-hydrogen) atoms. The number of benzene rings is 5. The van der Waals surface area contributed by atoms with Crippen molar-refractivity contribution in [2.24, 2.45) is 0 Å². The minimum absolute atomic E-state index is 0.177. The second-order valence-corrected chi connectivity index (χ2v) is 17.3. The summed E-state index contributed by atoms with van der Waals surface area (Å²) in [5.74, 6) is 1.41. The molecule has 7 heteroatoms. The maximum atomic E-state index is 12.2. The molecule has 9 rings (SSSR count). The highest BCUT2D eigenvalue weighted by Crippen LogP contribution is 2.48. The first-order valence-electron chi connectivity index (χ1n) is 19.5. The van der Waals surface area contributed by atoms with Gasteiger partial charge in [-0.25, -0.2) is 15.0 Å². The van der Waals surface area contributed by atoms with Crippen LogP contribution in [-0.4, -0.2) is 20.1 Å². The van der Waals surface area contributed by atoms with Crippen molar-refractivity contribution < 1.29 is 13.9 Å². The van der Waals surface area contributed by atoms with Gasteiger partial charge < -0.3 is 13.9 Å². The third-order valence-corrected chi connectivity index (χ3v) is 11.0. The van der Waals surface area contributed by atoms with Crippen LogP contribution in [0.1, 0.15) is 69.4 Å². The number of furan rings is 2. The van der Waals surface area contributed by atoms with Crippen LogP contribution < -0.4 is 4.90 Å². The Morgan fingerprint density at radius 3 is 1.93 bits per heavy atom. The van der Waals surface area contributed by atoms with E-state index in [1.165, 1.54) is 5.56 Å². The number of para-hydroxylation sites is 2. The van der Waals surface area contributed by atoms with E-state index in [1.54, 1.807) is 0 Å². The summed E-state index contributed by atoms with van der Waals surface area (Å²) in [6.45, 7) is 19.3. The quantitative estimate of drug-likeness (QED) is 0.187. The molecule has 0 saturated heterocycles. The van der Waals surface area contributed by atoms with Gasteiger partial charge in [0.2, 0.25) is 0 Å². The molecule has 0 spiro atoms. The number of pyridine rings is 1. The van der Waals surface area contributed by atoms with Gasteiger partial charge in [0.25, 0.3) is 0 Å². The second kappa shape index (κ2) is 13.1. The molecule has 284 valence electrons. The Morgan fingerprint density at radius 1 is 0.614 bits per heavy atom. The minimum atomic E-state index is -0.348. The number of phenols is 1. The van der Waals surface area contributed by atoms with Crippen LogP contribution in [0.4, 0.5) is 17.2 Å². The maximum Gasteiger partial charge on any atom is 0.180 e. The van der Waals surface area contributed by atoms with E-state index in [9.17, 15) is 5.11 Å². The molecule has 0 atom stereocenters. The van der Waals surface area contributed by atoms with Crippen LogP contribution in [0.25, 0.3) is 66.7 Å². The monoisotopic (exact) mass is 750 g/mol. The largest absolute Gasteiger partial charge is 0.507 e. The Labute approximate surface area is 332 Å². The van der Waals surface area contributed by atoms with Crippen LogP contribution in [0, 0.1) is 20.8 Å². The number of rotatable bonds is 5. The summed E-state index contributed by atoms with van der Waals surface area (Å²) in [4.78, 5) is 17.8. The number of hydrogen-bond acceptors (Lipinski definition) is 7. The summed E-state index contributed by atoms with van der Waals surface area (Å²) in [6, 6.07) is 34.9. The lowest BCUT2D eigenvalue weighted by molar-refractivity contribution is 0.446. The molecule has 0 radical (unpaired) electrons. The van der Waals surface area contributed by atoms with Gasteiger partial charge in [0.15, 0.2) is 11.4 Å². The molecule has 0 fully saturated rings. The molecule has 0 aliphatic carbocycles. The van der Waals surface area contributed by atoms with Gasteiger partial charge in [0.05, 0.1) is 11.3 Å². The van der Waals surface area contributed by atoms with E-state index in [4.69, 9.17) is 23.8 Å². The molecule has 0 bridgehead atoms. The van der Waals surface area contributed by atoms with E-state index in [-0.39, 0.29) is 16.6 Å². The van der Waals surface area contributed by atoms with Gasteiger partial charge in [-0.1, -0.05) is 102 Å². The van der Waals surface area contributed by atoms with Gasteiger partial charge >= 0.3 is 0 Å². The van der Waals surface area contributed by atoms with Crippen molar-refractivity contribution in [3.63, 3.8) is 0 Å². The standard InChI is InChI=1S/C50H46N4O3/c1-28-22-29(2)44(30(3)23-28)54(41-20-14-15-21-51-41)32-26-35-33-16-10-12-18-39(33)56-46(35)37(27-32)48-52-42-34-17-11-13-19-40(34)57-47(42)43(53-48)36-24-31(49(4,5)6)25-38(45(36)55)50(7,8)9/h10-27,55H,1-9H3. The maximum absolute atomic E-state index is 12.2. The summed E-state index contributed by atoms with van der Waals surface area (Å²) < 4.78 is 13.3. The first-order valence-corrected chi connectivity index (χ1v) is 19.5. The first-order chi connectivity index (χ1) is 27.2. The van der Waals surface area contributed by atoms with Gasteiger partial charge in [-0.15, -0.1) is 0 Å². The number of aryl methyl sites for hydroxylation is 3. The van der Waals surface area contributed by atoms with E-state index in [2.05, 4.69) is 110 Å². The van der Waals surface area contributed by atoms with Crippen molar-refractivity contribution in [2.75, 3.05) is 4.90 Å². The van der Waals surface area contributed by atoms with Crippen molar-refractivity contribution in [3.05, 3.63) is 137 Å². The fraction of sp³-hybridized carbons (Fsp3) is 0.220. The number of nitrogens with zero attached hydrogens (tertiary/aromatic N) is 4. The lowest BCUT2D eigenvalue weighted by Crippen LogP contribution is -2.17. The van der Waals surface area contributed by atoms with Crippen molar-refractivity contribution in [3.8, 4) is 28.4 Å². The lowest BCUT2D eigenvalue weighted by atomic mass is 9.78. The summed E-state index contributed by atoms with van der Waals surface area (Å²) >= 11 is 0. The fourth-order valence-electron chi connectivity index (χ4n) is 8.21. The highest BCUT2D eigenvalue weighted by Gasteiger charge is 2.30. The van der Waals surface area contributed by atoms with E-state index in [0.717, 1.165) is 61.2 Å². The van der Waals surface area contributed by atoms with Gasteiger partial charge in [0.1, 0.15) is 39.5 Å². The van der Waals surface area contributed by atoms with E-state index in [0.29, 0.717) is 44.9 Å². The zero-order chi connectivity index (χ0) is 40.0. The van der Waals surface area contributed by atoms with Crippen LogP contribution in [0.2, 0.25) is 0 Å². The van der Waals surface area contributed by atoms with Crippen LogP contribution in [0.15, 0.2) is 118 Å². The summed E-state index contributed by atoms with van der Waals surface area (Å²) in [7, 11) is 0. The summed E-state index contributed by atoms with van der Waals surface area (Å²) in [6.07, 6.45) is 1.82. The van der Waals surface area contributed by atoms with Gasteiger partial charge in [-0.3, -0.25) is 4.90 Å². The molecule has 0 unspecified atom stereocenters. The Balaban J connectivity index is 1.42. The molecule has 0 amide bonds. The van der Waals surface area contributed by atoms with Crippen LogP contribution in [0.5, 0.6) is 5.75 Å². The normalized spacial score (nSPS) is 12.4. The van der Waals surface area contributed by atoms with Crippen molar-refractivity contribution >= 4 is 61.2 Å². The van der Waals surface area contributed by atoms with Crippen LogP contribution in [0.3, 0.4) is 0 Å². The molecule has 9 aromatic rings. The Hall–Kier alpha value is -6.47. The number of anilines is 3. The SMILES string of the molecule is Cc1cc(C)c(N(c2cc(-c3nc(-c4cc(C(C)(C)C)cc(C(C)(C)C)c4O)c4oc5ccccc5c4n3)c3oc4ccccc4c3c2)c2ccccn2)c(C)c1. The molecule has 0 aliphatic heterocycles. The van der Waals surface area contributed by atoms with E-state index >= 15 is 0 Å². The van der Waals surface area contributed by atoms with Crippen molar-refractivity contribution in [1.82, 2.24) is 15.0 Å². The van der Waals surface area contributed by atoms with E-state index in [1.807, 2.05) is 66.9 Å². The Kier molecular flexibility index (Phi) is 8.29.